The van der Waals surface area contributed by atoms with Crippen molar-refractivity contribution in [3.63, 3.8) is 0 Å². The molecule has 0 saturated carbocycles. The lowest BCUT2D eigenvalue weighted by Gasteiger charge is -2.28. The van der Waals surface area contributed by atoms with Gasteiger partial charge in [-0.15, -0.1) is 0 Å². The zero-order chi connectivity index (χ0) is 26.3. The Morgan fingerprint density at radius 2 is 1.65 bits per heavy atom. The van der Waals surface area contributed by atoms with E-state index in [-0.39, 0.29) is 24.2 Å². The van der Waals surface area contributed by atoms with Crippen LogP contribution in [0, 0.1) is 0 Å². The van der Waals surface area contributed by atoms with E-state index in [0.29, 0.717) is 23.7 Å². The van der Waals surface area contributed by atoms with Crippen molar-refractivity contribution in [1.82, 2.24) is 24.2 Å². The van der Waals surface area contributed by atoms with Gasteiger partial charge in [0.1, 0.15) is 17.3 Å². The molecular weight excluding hydrogens is 485 g/mol. The molecule has 0 fully saturated rings. The number of nitrogens with zero attached hydrogens (tertiary/aromatic N) is 6. The number of halogens is 3. The molecule has 11 heteroatoms. The molecule has 8 nitrogen and oxygen atoms in total. The van der Waals surface area contributed by atoms with Crippen LogP contribution in [0.5, 0.6) is 5.75 Å². The minimum absolute atomic E-state index is 0.0301. The molecule has 0 radical (unpaired) electrons. The van der Waals surface area contributed by atoms with Crippen LogP contribution in [0.3, 0.4) is 0 Å². The average Bonchev–Trinajstić information content (AvgIpc) is 3.49. The predicted octanol–water partition coefficient (Wildman–Crippen LogP) is 4.35. The minimum Gasteiger partial charge on any atom is -0.497 e. The minimum atomic E-state index is -4.68. The van der Waals surface area contributed by atoms with Gasteiger partial charge in [0.05, 0.1) is 19.3 Å². The molecule has 1 aliphatic rings. The molecule has 37 heavy (non-hydrogen) atoms. The second-order valence-corrected chi connectivity index (χ2v) is 8.96. The summed E-state index contributed by atoms with van der Waals surface area (Å²) in [7, 11) is 5.41. The monoisotopic (exact) mass is 510 g/mol. The zero-order valence-corrected chi connectivity index (χ0v) is 20.5. The van der Waals surface area contributed by atoms with Crippen molar-refractivity contribution in [3.05, 3.63) is 83.7 Å². The molecule has 0 N–H and O–H groups in total. The van der Waals surface area contributed by atoms with Crippen LogP contribution in [0.25, 0.3) is 11.4 Å². The van der Waals surface area contributed by atoms with Crippen LogP contribution >= 0.6 is 0 Å². The van der Waals surface area contributed by atoms with Gasteiger partial charge in [0, 0.05) is 35.9 Å². The number of imidazole rings is 1. The Labute approximate surface area is 211 Å². The third kappa shape index (κ3) is 4.57. The van der Waals surface area contributed by atoms with Crippen molar-refractivity contribution in [2.75, 3.05) is 32.6 Å². The number of rotatable bonds is 6. The van der Waals surface area contributed by atoms with E-state index in [1.165, 1.54) is 12.0 Å². The third-order valence-corrected chi connectivity index (χ3v) is 6.22. The van der Waals surface area contributed by atoms with Gasteiger partial charge in [0.25, 0.3) is 5.91 Å². The first-order valence-corrected chi connectivity index (χ1v) is 11.6. The number of benzene rings is 2. The van der Waals surface area contributed by atoms with E-state index in [9.17, 15) is 18.0 Å². The van der Waals surface area contributed by atoms with Crippen LogP contribution in [0.15, 0.2) is 60.9 Å². The molecule has 0 spiro atoms. The summed E-state index contributed by atoms with van der Waals surface area (Å²) in [6.45, 7) is 0.762. The SMILES string of the molecule is COc1ccc(-n2nc(C(F)(F)F)c3c2C(=O)N(c2ccc(-n4ccnc4CN(C)C)cc2)CC3)cc1. The first-order valence-electron chi connectivity index (χ1n) is 11.6. The lowest BCUT2D eigenvalue weighted by molar-refractivity contribution is -0.141. The Morgan fingerprint density at radius 1 is 1.00 bits per heavy atom. The summed E-state index contributed by atoms with van der Waals surface area (Å²) < 4.78 is 49.7. The summed E-state index contributed by atoms with van der Waals surface area (Å²) in [6.07, 6.45) is -1.07. The molecule has 0 bridgehead atoms. The van der Waals surface area contributed by atoms with E-state index < -0.39 is 17.8 Å². The number of aromatic nitrogens is 4. The number of hydrogen-bond acceptors (Lipinski definition) is 5. The fourth-order valence-electron chi connectivity index (χ4n) is 4.51. The summed E-state index contributed by atoms with van der Waals surface area (Å²) in [5.74, 6) is 0.865. The Hall–Kier alpha value is -4.12. The molecule has 0 atom stereocenters. The summed E-state index contributed by atoms with van der Waals surface area (Å²) >= 11 is 0. The maximum Gasteiger partial charge on any atom is 0.435 e. The number of carbonyl (C=O) groups is 1. The fraction of sp³-hybridized carbons (Fsp3) is 0.269. The van der Waals surface area contributed by atoms with Gasteiger partial charge in [-0.2, -0.15) is 18.3 Å². The molecule has 4 aromatic rings. The Balaban J connectivity index is 1.50. The van der Waals surface area contributed by atoms with Crippen molar-refractivity contribution < 1.29 is 22.7 Å². The maximum absolute atomic E-state index is 13.8. The lowest BCUT2D eigenvalue weighted by Crippen LogP contribution is -2.39. The molecule has 192 valence electrons. The van der Waals surface area contributed by atoms with Gasteiger partial charge in [0.15, 0.2) is 5.69 Å². The van der Waals surface area contributed by atoms with Crippen molar-refractivity contribution in [1.29, 1.82) is 0 Å². The number of amides is 1. The predicted molar refractivity (Wildman–Crippen MR) is 131 cm³/mol. The highest BCUT2D eigenvalue weighted by atomic mass is 19.4. The van der Waals surface area contributed by atoms with Crippen molar-refractivity contribution in [2.24, 2.45) is 0 Å². The largest absolute Gasteiger partial charge is 0.497 e. The fourth-order valence-corrected chi connectivity index (χ4v) is 4.51. The van der Waals surface area contributed by atoms with E-state index in [1.807, 2.05) is 41.9 Å². The molecule has 0 saturated heterocycles. The van der Waals surface area contributed by atoms with Crippen molar-refractivity contribution in [2.45, 2.75) is 19.1 Å². The van der Waals surface area contributed by atoms with Crippen LogP contribution in [-0.2, 0) is 19.1 Å². The van der Waals surface area contributed by atoms with Gasteiger partial charge >= 0.3 is 6.18 Å². The lowest BCUT2D eigenvalue weighted by atomic mass is 10.0. The van der Waals surface area contributed by atoms with Crippen LogP contribution in [0.1, 0.15) is 27.6 Å². The van der Waals surface area contributed by atoms with Gasteiger partial charge in [0.2, 0.25) is 0 Å². The number of ether oxygens (including phenoxy) is 1. The van der Waals surface area contributed by atoms with E-state index in [4.69, 9.17) is 4.74 Å². The van der Waals surface area contributed by atoms with Crippen molar-refractivity contribution in [3.8, 4) is 17.1 Å². The highest BCUT2D eigenvalue weighted by Gasteiger charge is 2.43. The van der Waals surface area contributed by atoms with Crippen LogP contribution < -0.4 is 9.64 Å². The molecule has 5 rings (SSSR count). The zero-order valence-electron chi connectivity index (χ0n) is 20.5. The van der Waals surface area contributed by atoms with Gasteiger partial charge in [-0.3, -0.25) is 4.79 Å². The third-order valence-electron chi connectivity index (χ3n) is 6.22. The first kappa shape index (κ1) is 24.6. The summed E-state index contributed by atoms with van der Waals surface area (Å²) in [4.78, 5) is 21.5. The quantitative estimate of drug-likeness (QED) is 0.386. The molecule has 1 aliphatic heterocycles. The second-order valence-electron chi connectivity index (χ2n) is 8.96. The maximum atomic E-state index is 13.8. The molecule has 0 aliphatic carbocycles. The van der Waals surface area contributed by atoms with Gasteiger partial charge in [-0.1, -0.05) is 0 Å². The van der Waals surface area contributed by atoms with Gasteiger partial charge in [-0.25, -0.2) is 9.67 Å². The topological polar surface area (TPSA) is 68.4 Å². The van der Waals surface area contributed by atoms with Gasteiger partial charge < -0.3 is 19.1 Å². The van der Waals surface area contributed by atoms with Crippen LogP contribution in [0.4, 0.5) is 18.9 Å². The molecule has 2 aromatic carbocycles. The van der Waals surface area contributed by atoms with Crippen molar-refractivity contribution >= 4 is 11.6 Å². The number of alkyl halides is 3. The Bertz CT molecular complexity index is 1420. The highest BCUT2D eigenvalue weighted by molar-refractivity contribution is 6.07. The summed E-state index contributed by atoms with van der Waals surface area (Å²) in [6, 6.07) is 13.7. The molecular formula is C26H25F3N6O2. The smallest absolute Gasteiger partial charge is 0.435 e. The standard InChI is InChI=1S/C26H25F3N6O2/c1-32(2)16-22-30-13-15-33(22)17-4-6-18(7-5-17)34-14-12-21-23(25(34)36)35(31-24(21)26(27,28)29)19-8-10-20(37-3)11-9-19/h4-11,13,15H,12,14,16H2,1-3H3. The highest BCUT2D eigenvalue weighted by Crippen LogP contribution is 2.37. The van der Waals surface area contributed by atoms with E-state index in [0.717, 1.165) is 16.2 Å². The normalized spacial score (nSPS) is 13.8. The van der Waals surface area contributed by atoms with E-state index in [2.05, 4.69) is 10.1 Å². The van der Waals surface area contributed by atoms with Crippen LogP contribution in [0.2, 0.25) is 0 Å². The van der Waals surface area contributed by atoms with Gasteiger partial charge in [-0.05, 0) is 69.0 Å². The molecule has 1 amide bonds. The second kappa shape index (κ2) is 9.40. The molecule has 2 aromatic heterocycles. The average molecular weight is 511 g/mol. The number of carbonyl (C=O) groups excluding carboxylic acids is 1. The number of methoxy groups -OCH3 is 1. The van der Waals surface area contributed by atoms with E-state index in [1.54, 1.807) is 42.6 Å². The first-order chi connectivity index (χ1) is 17.7. The summed E-state index contributed by atoms with van der Waals surface area (Å²) in [5, 5.41) is 3.84. The number of hydrogen-bond donors (Lipinski definition) is 0. The van der Waals surface area contributed by atoms with Crippen LogP contribution in [-0.4, -0.2) is 57.9 Å². The molecule has 0 unspecified atom stereocenters. The molecule has 3 heterocycles. The number of anilines is 1. The Kier molecular flexibility index (Phi) is 6.24. The number of fused-ring (bicyclic) bond motifs is 1. The Morgan fingerprint density at radius 3 is 2.27 bits per heavy atom. The summed E-state index contributed by atoms with van der Waals surface area (Å²) in [5.41, 5.74) is 0.584. The van der Waals surface area contributed by atoms with E-state index >= 15 is 0 Å².